The number of nitrogens with zero attached hydrogens (tertiary/aromatic N) is 1. The Morgan fingerprint density at radius 2 is 2.00 bits per heavy atom. The second-order valence-electron chi connectivity index (χ2n) is 5.29. The first-order chi connectivity index (χ1) is 9.34. The Bertz CT molecular complexity index is 511. The van der Waals surface area contributed by atoms with Crippen molar-refractivity contribution < 1.29 is 18.3 Å². The molecular weight excluding hydrogens is 268 g/mol. The van der Waals surface area contributed by atoms with Gasteiger partial charge in [-0.1, -0.05) is 0 Å². The van der Waals surface area contributed by atoms with Crippen LogP contribution < -0.4 is 11.3 Å². The van der Waals surface area contributed by atoms with Crippen molar-refractivity contribution in [3.63, 3.8) is 0 Å². The third-order valence-electron chi connectivity index (χ3n) is 3.15. The van der Waals surface area contributed by atoms with Gasteiger partial charge in [0.25, 0.3) is 5.91 Å². The minimum absolute atomic E-state index is 0.0447. The molecule has 1 fully saturated rings. The fourth-order valence-corrected chi connectivity index (χ4v) is 2.21. The number of amides is 1. The maximum Gasteiger partial charge on any atom is 0.254 e. The summed E-state index contributed by atoms with van der Waals surface area (Å²) in [5, 5.41) is 0. The van der Waals surface area contributed by atoms with E-state index in [0.29, 0.717) is 19.7 Å². The number of rotatable bonds is 2. The van der Waals surface area contributed by atoms with E-state index in [4.69, 9.17) is 10.6 Å². The van der Waals surface area contributed by atoms with E-state index in [1.165, 1.54) is 4.90 Å². The van der Waals surface area contributed by atoms with Crippen molar-refractivity contribution in [2.45, 2.75) is 19.4 Å². The highest BCUT2D eigenvalue weighted by atomic mass is 19.1. The Morgan fingerprint density at radius 1 is 1.40 bits per heavy atom. The van der Waals surface area contributed by atoms with Crippen molar-refractivity contribution in [2.75, 3.05) is 25.1 Å². The molecule has 0 spiro atoms. The number of hydrogen-bond donors (Lipinski definition) is 2. The minimum atomic E-state index is -0.900. The summed E-state index contributed by atoms with van der Waals surface area (Å²) in [7, 11) is 0. The Balaban J connectivity index is 2.25. The predicted octanol–water partition coefficient (Wildman–Crippen LogP) is 1.50. The maximum atomic E-state index is 13.6. The molecule has 0 unspecified atom stereocenters. The van der Waals surface area contributed by atoms with Gasteiger partial charge < -0.3 is 15.1 Å². The average Bonchev–Trinajstić information content (AvgIpc) is 2.36. The quantitative estimate of drug-likeness (QED) is 0.638. The summed E-state index contributed by atoms with van der Waals surface area (Å²) in [5.74, 6) is 2.79. The van der Waals surface area contributed by atoms with Crippen LogP contribution >= 0.6 is 0 Å². The molecule has 2 rings (SSSR count). The molecule has 1 amide bonds. The van der Waals surface area contributed by atoms with Gasteiger partial charge in [0.2, 0.25) is 0 Å². The molecule has 1 aromatic carbocycles. The molecule has 0 aromatic heterocycles. The Labute approximate surface area is 115 Å². The summed E-state index contributed by atoms with van der Waals surface area (Å²) in [5.41, 5.74) is 0.959. The molecule has 0 aliphatic carbocycles. The highest BCUT2D eigenvalue weighted by Gasteiger charge is 2.31. The zero-order valence-corrected chi connectivity index (χ0v) is 11.4. The Hall–Kier alpha value is -1.73. The van der Waals surface area contributed by atoms with E-state index in [1.54, 1.807) is 0 Å². The second-order valence-corrected chi connectivity index (χ2v) is 5.29. The molecule has 1 heterocycles. The molecule has 0 radical (unpaired) electrons. The molecule has 0 saturated carbocycles. The lowest BCUT2D eigenvalue weighted by Crippen LogP contribution is -2.50. The lowest BCUT2D eigenvalue weighted by atomic mass is 10.1. The number of ether oxygens (including phenoxy) is 1. The van der Waals surface area contributed by atoms with E-state index in [-0.39, 0.29) is 5.56 Å². The van der Waals surface area contributed by atoms with Crippen LogP contribution in [0.1, 0.15) is 24.2 Å². The number of nitrogen functional groups attached to an aromatic ring is 1. The second kappa shape index (κ2) is 5.34. The van der Waals surface area contributed by atoms with Gasteiger partial charge in [0.05, 0.1) is 12.2 Å². The third-order valence-corrected chi connectivity index (χ3v) is 3.15. The summed E-state index contributed by atoms with van der Waals surface area (Å²) in [6.07, 6.45) is 0. The molecule has 0 atom stereocenters. The largest absolute Gasteiger partial charge is 0.372 e. The van der Waals surface area contributed by atoms with Crippen LogP contribution in [0.2, 0.25) is 0 Å². The van der Waals surface area contributed by atoms with Gasteiger partial charge >= 0.3 is 0 Å². The normalized spacial score (nSPS) is 17.9. The number of nitrogens with two attached hydrogens (primary N) is 1. The fraction of sp³-hybridized carbons (Fsp3) is 0.462. The first-order valence-electron chi connectivity index (χ1n) is 6.23. The summed E-state index contributed by atoms with van der Waals surface area (Å²) < 4.78 is 32.7. The van der Waals surface area contributed by atoms with E-state index < -0.39 is 28.8 Å². The van der Waals surface area contributed by atoms with Crippen LogP contribution in [0.15, 0.2) is 12.1 Å². The van der Waals surface area contributed by atoms with E-state index in [1.807, 2.05) is 19.3 Å². The van der Waals surface area contributed by atoms with Gasteiger partial charge in [-0.15, -0.1) is 0 Å². The number of hydrazine groups is 1. The SMILES string of the molecule is CC1(C)CN(C(=O)c2cc(F)c(NN)c(F)c2)CCO1. The molecule has 0 bridgehead atoms. The van der Waals surface area contributed by atoms with Crippen LogP contribution in [0.5, 0.6) is 0 Å². The van der Waals surface area contributed by atoms with Crippen LogP contribution in [0.4, 0.5) is 14.5 Å². The lowest BCUT2D eigenvalue weighted by Gasteiger charge is -2.38. The zero-order valence-electron chi connectivity index (χ0n) is 11.4. The monoisotopic (exact) mass is 285 g/mol. The maximum absolute atomic E-state index is 13.6. The van der Waals surface area contributed by atoms with Gasteiger partial charge in [-0.25, -0.2) is 8.78 Å². The molecule has 3 N–H and O–H groups in total. The topological polar surface area (TPSA) is 67.6 Å². The van der Waals surface area contributed by atoms with Crippen LogP contribution in [0, 0.1) is 11.6 Å². The average molecular weight is 285 g/mol. The number of carbonyl (C=O) groups is 1. The molecule has 7 heteroatoms. The number of halogens is 2. The molecule has 1 aromatic rings. The lowest BCUT2D eigenvalue weighted by molar-refractivity contribution is -0.0764. The standard InChI is InChI=1S/C13H17F2N3O2/c1-13(2)7-18(3-4-20-13)12(19)8-5-9(14)11(17-16)10(15)6-8/h5-6,17H,3-4,7,16H2,1-2H3. The van der Waals surface area contributed by atoms with E-state index >= 15 is 0 Å². The van der Waals surface area contributed by atoms with Crippen molar-refractivity contribution >= 4 is 11.6 Å². The fourth-order valence-electron chi connectivity index (χ4n) is 2.21. The van der Waals surface area contributed by atoms with E-state index in [2.05, 4.69) is 0 Å². The zero-order chi connectivity index (χ0) is 14.9. The number of carbonyl (C=O) groups excluding carboxylic acids is 1. The van der Waals surface area contributed by atoms with Crippen molar-refractivity contribution in [2.24, 2.45) is 5.84 Å². The number of hydrogen-bond acceptors (Lipinski definition) is 4. The molecular formula is C13H17F2N3O2. The van der Waals surface area contributed by atoms with Crippen molar-refractivity contribution in [3.05, 3.63) is 29.3 Å². The van der Waals surface area contributed by atoms with Crippen molar-refractivity contribution in [1.82, 2.24) is 4.90 Å². The summed E-state index contributed by atoms with van der Waals surface area (Å²) in [4.78, 5) is 13.8. The van der Waals surface area contributed by atoms with E-state index in [9.17, 15) is 13.6 Å². The van der Waals surface area contributed by atoms with Gasteiger partial charge in [-0.2, -0.15) is 0 Å². The number of morpholine rings is 1. The molecule has 1 aliphatic heterocycles. The van der Waals surface area contributed by atoms with Crippen molar-refractivity contribution in [3.8, 4) is 0 Å². The van der Waals surface area contributed by atoms with Crippen LogP contribution in [0.3, 0.4) is 0 Å². The number of nitrogens with one attached hydrogen (secondary N) is 1. The molecule has 1 aliphatic rings. The third kappa shape index (κ3) is 2.88. The summed E-state index contributed by atoms with van der Waals surface area (Å²) in [6, 6.07) is 1.95. The van der Waals surface area contributed by atoms with Gasteiger partial charge in [0.15, 0.2) is 11.6 Å². The smallest absolute Gasteiger partial charge is 0.254 e. The first-order valence-corrected chi connectivity index (χ1v) is 6.23. The van der Waals surface area contributed by atoms with Gasteiger partial charge in [-0.05, 0) is 26.0 Å². The predicted molar refractivity (Wildman–Crippen MR) is 70.1 cm³/mol. The number of anilines is 1. The van der Waals surface area contributed by atoms with Crippen LogP contribution in [-0.2, 0) is 4.74 Å². The van der Waals surface area contributed by atoms with Crippen LogP contribution in [-0.4, -0.2) is 36.1 Å². The summed E-state index contributed by atoms with van der Waals surface area (Å²) >= 11 is 0. The molecule has 20 heavy (non-hydrogen) atoms. The highest BCUT2D eigenvalue weighted by molar-refractivity contribution is 5.94. The molecule has 5 nitrogen and oxygen atoms in total. The van der Waals surface area contributed by atoms with Crippen LogP contribution in [0.25, 0.3) is 0 Å². The van der Waals surface area contributed by atoms with Gasteiger partial charge in [0.1, 0.15) is 5.69 Å². The van der Waals surface area contributed by atoms with Gasteiger partial charge in [-0.3, -0.25) is 10.6 Å². The number of benzene rings is 1. The van der Waals surface area contributed by atoms with Gasteiger partial charge in [0, 0.05) is 18.7 Å². The summed E-state index contributed by atoms with van der Waals surface area (Å²) in [6.45, 7) is 4.87. The molecule has 110 valence electrons. The van der Waals surface area contributed by atoms with E-state index in [0.717, 1.165) is 12.1 Å². The Morgan fingerprint density at radius 3 is 2.50 bits per heavy atom. The highest BCUT2D eigenvalue weighted by Crippen LogP contribution is 2.23. The Kier molecular flexibility index (Phi) is 3.92. The van der Waals surface area contributed by atoms with Crippen molar-refractivity contribution in [1.29, 1.82) is 0 Å². The molecule has 1 saturated heterocycles. The first kappa shape index (κ1) is 14.7. The minimum Gasteiger partial charge on any atom is -0.372 e.